The molecule has 0 spiro atoms. The van der Waals surface area contributed by atoms with Crippen LogP contribution >= 0.6 is 0 Å². The summed E-state index contributed by atoms with van der Waals surface area (Å²) in [6.45, 7) is 3.67. The Labute approximate surface area is 241 Å². The van der Waals surface area contributed by atoms with Crippen LogP contribution < -0.4 is 9.64 Å². The van der Waals surface area contributed by atoms with E-state index in [2.05, 4.69) is 16.0 Å². The maximum atomic E-state index is 14.3. The van der Waals surface area contributed by atoms with Gasteiger partial charge in [-0.3, -0.25) is 4.79 Å². The van der Waals surface area contributed by atoms with Crippen molar-refractivity contribution in [1.29, 1.82) is 5.26 Å². The lowest BCUT2D eigenvalue weighted by Gasteiger charge is -2.34. The van der Waals surface area contributed by atoms with E-state index in [-0.39, 0.29) is 37.2 Å². The van der Waals surface area contributed by atoms with Crippen molar-refractivity contribution in [3.63, 3.8) is 0 Å². The Bertz CT molecular complexity index is 1470. The average molecular weight is 578 g/mol. The number of benzene rings is 2. The molecular weight excluding hydrogens is 547 g/mol. The fourth-order valence-corrected chi connectivity index (χ4v) is 5.77. The third kappa shape index (κ3) is 6.17. The summed E-state index contributed by atoms with van der Waals surface area (Å²) in [4.78, 5) is 36.6. The van der Waals surface area contributed by atoms with E-state index in [4.69, 9.17) is 10.00 Å². The predicted octanol–water partition coefficient (Wildman–Crippen LogP) is 5.10. The van der Waals surface area contributed by atoms with E-state index in [0.29, 0.717) is 37.1 Å². The molecule has 0 N–H and O–H groups in total. The predicted molar refractivity (Wildman–Crippen MR) is 148 cm³/mol. The smallest absolute Gasteiger partial charge is 0.410 e. The van der Waals surface area contributed by atoms with Crippen LogP contribution in [0.5, 0.6) is 5.75 Å². The zero-order valence-corrected chi connectivity index (χ0v) is 23.1. The molecule has 11 heteroatoms. The third-order valence-corrected chi connectivity index (χ3v) is 8.01. The standard InChI is InChI=1S/C31H30F3N5O3/c1-2-39(31(41)42-24-7-5-23(32)6-8-24)28-19-38(18-25(28)22-4-9-26(33)27(34)15-22)30(40)21-11-13-37(14-12-21)29-10-3-20(16-35)17-36-29/h3-10,15,17,21,25,28H,2,11-14,18-19H2,1H3. The number of halogens is 3. The Morgan fingerprint density at radius 3 is 2.38 bits per heavy atom. The van der Waals surface area contributed by atoms with Crippen LogP contribution in [-0.2, 0) is 4.79 Å². The largest absolute Gasteiger partial charge is 0.415 e. The van der Waals surface area contributed by atoms with Gasteiger partial charge in [-0.25, -0.2) is 22.9 Å². The molecule has 3 aromatic rings. The highest BCUT2D eigenvalue weighted by Crippen LogP contribution is 2.35. The van der Waals surface area contributed by atoms with E-state index in [9.17, 15) is 22.8 Å². The molecule has 2 amide bonds. The quantitative estimate of drug-likeness (QED) is 0.405. The lowest BCUT2D eigenvalue weighted by Crippen LogP contribution is -2.47. The summed E-state index contributed by atoms with van der Waals surface area (Å²) < 4.78 is 46.9. The molecule has 0 saturated carbocycles. The Morgan fingerprint density at radius 2 is 1.76 bits per heavy atom. The van der Waals surface area contributed by atoms with E-state index >= 15 is 0 Å². The molecule has 2 atom stereocenters. The van der Waals surface area contributed by atoms with E-state index in [1.807, 2.05) is 0 Å². The number of nitrogens with zero attached hydrogens (tertiary/aromatic N) is 5. The fraction of sp³-hybridized carbons (Fsp3) is 0.355. The molecule has 1 aromatic heterocycles. The molecule has 2 aliphatic heterocycles. The second kappa shape index (κ2) is 12.5. The van der Waals surface area contributed by atoms with Crippen molar-refractivity contribution >= 4 is 17.8 Å². The summed E-state index contributed by atoms with van der Waals surface area (Å²) in [7, 11) is 0. The number of rotatable bonds is 6. The van der Waals surface area contributed by atoms with Gasteiger partial charge in [0.25, 0.3) is 0 Å². The lowest BCUT2D eigenvalue weighted by molar-refractivity contribution is -0.135. The van der Waals surface area contributed by atoms with E-state index in [1.54, 1.807) is 24.0 Å². The molecule has 0 bridgehead atoms. The first-order valence-electron chi connectivity index (χ1n) is 13.9. The zero-order chi connectivity index (χ0) is 29.8. The SMILES string of the molecule is CCN(C(=O)Oc1ccc(F)cc1)C1CN(C(=O)C2CCN(c3ccc(C#N)cn3)CC2)CC1c1ccc(F)c(F)c1. The highest BCUT2D eigenvalue weighted by atomic mass is 19.2. The molecule has 8 nitrogen and oxygen atoms in total. The molecule has 2 aromatic carbocycles. The number of likely N-dealkylation sites (N-methyl/N-ethyl adjacent to an activating group) is 1. The van der Waals surface area contributed by atoms with Gasteiger partial charge in [-0.15, -0.1) is 0 Å². The van der Waals surface area contributed by atoms with Crippen LogP contribution in [0.3, 0.4) is 0 Å². The first-order valence-corrected chi connectivity index (χ1v) is 13.9. The summed E-state index contributed by atoms with van der Waals surface area (Å²) in [5.74, 6) is -2.32. The van der Waals surface area contributed by atoms with Crippen molar-refractivity contribution in [2.45, 2.75) is 31.7 Å². The fourth-order valence-electron chi connectivity index (χ4n) is 5.77. The van der Waals surface area contributed by atoms with Gasteiger partial charge in [-0.05, 0) is 73.9 Å². The van der Waals surface area contributed by atoms with Gasteiger partial charge in [0.05, 0.1) is 11.6 Å². The molecule has 2 fully saturated rings. The van der Waals surface area contributed by atoms with E-state index in [0.717, 1.165) is 18.0 Å². The number of hydrogen-bond donors (Lipinski definition) is 0. The van der Waals surface area contributed by atoms with Crippen LogP contribution in [0.25, 0.3) is 0 Å². The zero-order valence-electron chi connectivity index (χ0n) is 23.1. The summed E-state index contributed by atoms with van der Waals surface area (Å²) >= 11 is 0. The second-order valence-electron chi connectivity index (χ2n) is 10.5. The van der Waals surface area contributed by atoms with Crippen molar-refractivity contribution in [3.8, 4) is 11.8 Å². The third-order valence-electron chi connectivity index (χ3n) is 8.01. The minimum atomic E-state index is -1.00. The topological polar surface area (TPSA) is 89.8 Å². The monoisotopic (exact) mass is 577 g/mol. The van der Waals surface area contributed by atoms with Gasteiger partial charge in [0, 0.05) is 50.8 Å². The molecule has 42 heavy (non-hydrogen) atoms. The molecule has 218 valence electrons. The number of amides is 2. The number of aromatic nitrogens is 1. The maximum absolute atomic E-state index is 14.3. The van der Waals surface area contributed by atoms with Gasteiger partial charge in [-0.1, -0.05) is 6.07 Å². The first-order chi connectivity index (χ1) is 20.3. The number of carbonyl (C=O) groups is 2. The van der Waals surface area contributed by atoms with Gasteiger partial charge >= 0.3 is 6.09 Å². The van der Waals surface area contributed by atoms with Gasteiger partial charge in [0.15, 0.2) is 11.6 Å². The molecule has 2 unspecified atom stereocenters. The molecular formula is C31H30F3N5O3. The summed E-state index contributed by atoms with van der Waals surface area (Å²) in [6.07, 6.45) is 2.04. The lowest BCUT2D eigenvalue weighted by atomic mass is 9.93. The van der Waals surface area contributed by atoms with Gasteiger partial charge < -0.3 is 19.4 Å². The van der Waals surface area contributed by atoms with Crippen molar-refractivity contribution in [2.75, 3.05) is 37.6 Å². The summed E-state index contributed by atoms with van der Waals surface area (Å²) in [5.41, 5.74) is 0.953. The Kier molecular flexibility index (Phi) is 8.61. The number of likely N-dealkylation sites (tertiary alicyclic amines) is 1. The van der Waals surface area contributed by atoms with Crippen LogP contribution in [0.2, 0.25) is 0 Å². The van der Waals surface area contributed by atoms with Crippen molar-refractivity contribution in [2.24, 2.45) is 5.92 Å². The Hall–Kier alpha value is -4.59. The Morgan fingerprint density at radius 1 is 1.02 bits per heavy atom. The van der Waals surface area contributed by atoms with Crippen LogP contribution in [0.15, 0.2) is 60.8 Å². The number of nitriles is 1. The van der Waals surface area contributed by atoms with Crippen LogP contribution in [0.4, 0.5) is 23.8 Å². The number of anilines is 1. The molecule has 0 radical (unpaired) electrons. The Balaban J connectivity index is 1.32. The molecule has 5 rings (SSSR count). The molecule has 3 heterocycles. The number of pyridine rings is 1. The summed E-state index contributed by atoms with van der Waals surface area (Å²) in [5, 5.41) is 9.01. The maximum Gasteiger partial charge on any atom is 0.415 e. The van der Waals surface area contributed by atoms with Crippen LogP contribution in [0.1, 0.15) is 36.8 Å². The van der Waals surface area contributed by atoms with Crippen LogP contribution in [0, 0.1) is 34.7 Å². The molecule has 0 aliphatic carbocycles. The highest BCUT2D eigenvalue weighted by molar-refractivity contribution is 5.80. The number of hydrogen-bond acceptors (Lipinski definition) is 6. The number of carbonyl (C=O) groups excluding carboxylic acids is 2. The minimum absolute atomic E-state index is 0.0551. The average Bonchev–Trinajstić information content (AvgIpc) is 3.45. The van der Waals surface area contributed by atoms with Crippen LogP contribution in [-0.4, -0.2) is 65.5 Å². The number of ether oxygens (including phenoxy) is 1. The highest BCUT2D eigenvalue weighted by Gasteiger charge is 2.43. The van der Waals surface area contributed by atoms with Crippen molar-refractivity contribution in [3.05, 3.63) is 89.4 Å². The molecule has 2 aliphatic rings. The minimum Gasteiger partial charge on any atom is -0.410 e. The number of piperidine rings is 1. The summed E-state index contributed by atoms with van der Waals surface area (Å²) in [6, 6.07) is 13.7. The van der Waals surface area contributed by atoms with Crippen molar-refractivity contribution < 1.29 is 27.5 Å². The normalized spacial score (nSPS) is 18.9. The van der Waals surface area contributed by atoms with Crippen molar-refractivity contribution in [1.82, 2.24) is 14.8 Å². The first kappa shape index (κ1) is 28.9. The van der Waals surface area contributed by atoms with E-state index in [1.165, 1.54) is 41.4 Å². The van der Waals surface area contributed by atoms with Gasteiger partial charge in [0.1, 0.15) is 23.5 Å². The second-order valence-corrected chi connectivity index (χ2v) is 10.5. The van der Waals surface area contributed by atoms with Gasteiger partial charge in [0.2, 0.25) is 5.91 Å². The van der Waals surface area contributed by atoms with Gasteiger partial charge in [-0.2, -0.15) is 5.26 Å². The molecule has 2 saturated heterocycles. The van der Waals surface area contributed by atoms with E-state index < -0.39 is 35.5 Å².